The molecule has 60 valence electrons. The third kappa shape index (κ3) is 1.93. The van der Waals surface area contributed by atoms with Gasteiger partial charge in [-0.05, 0) is 12.8 Å². The predicted molar refractivity (Wildman–Crippen MR) is 36.7 cm³/mol. The molecule has 5 heteroatoms. The Bertz CT molecular complexity index is 217. The van der Waals surface area contributed by atoms with Gasteiger partial charge in [-0.3, -0.25) is 0 Å². The molecule has 0 unspecified atom stereocenters. The van der Waals surface area contributed by atoms with Crippen LogP contribution in [0.2, 0.25) is 0 Å². The molecule has 0 saturated heterocycles. The average Bonchev–Trinajstić information content (AvgIpc) is 2.45. The molecular formula is C5H11NO3S. The standard InChI is InChI=1S/C5H11NO3S/c6-10(8,9)4-5(3-7)1-2-5/h7H,1-4H2,(H2,6,8,9). The van der Waals surface area contributed by atoms with Gasteiger partial charge in [0.1, 0.15) is 0 Å². The average molecular weight is 165 g/mol. The molecule has 0 heterocycles. The summed E-state index contributed by atoms with van der Waals surface area (Å²) in [7, 11) is -3.39. The summed E-state index contributed by atoms with van der Waals surface area (Å²) in [6.45, 7) is -0.0660. The van der Waals surface area contributed by atoms with Crippen LogP contribution in [0.15, 0.2) is 0 Å². The van der Waals surface area contributed by atoms with Crippen LogP contribution in [0.1, 0.15) is 12.8 Å². The maximum absolute atomic E-state index is 10.5. The number of aliphatic hydroxyl groups excluding tert-OH is 1. The Balaban J connectivity index is 2.54. The van der Waals surface area contributed by atoms with Crippen molar-refractivity contribution in [3.05, 3.63) is 0 Å². The summed E-state index contributed by atoms with van der Waals surface area (Å²) >= 11 is 0. The Hall–Kier alpha value is -0.130. The van der Waals surface area contributed by atoms with Crippen LogP contribution in [0, 0.1) is 5.41 Å². The zero-order valence-corrected chi connectivity index (χ0v) is 6.39. The summed E-state index contributed by atoms with van der Waals surface area (Å²) in [6, 6.07) is 0. The van der Waals surface area contributed by atoms with Gasteiger partial charge in [0.2, 0.25) is 10.0 Å². The van der Waals surface area contributed by atoms with Crippen molar-refractivity contribution in [3.8, 4) is 0 Å². The number of sulfonamides is 1. The number of primary sulfonamides is 1. The fourth-order valence-corrected chi connectivity index (χ4v) is 2.19. The Kier molecular flexibility index (Phi) is 1.74. The Morgan fingerprint density at radius 1 is 1.50 bits per heavy atom. The molecule has 0 amide bonds. The van der Waals surface area contributed by atoms with E-state index in [0.717, 1.165) is 12.8 Å². The smallest absolute Gasteiger partial charge is 0.209 e. The molecule has 1 fully saturated rings. The minimum atomic E-state index is -3.39. The molecule has 0 spiro atoms. The zero-order chi connectivity index (χ0) is 7.83. The maximum atomic E-state index is 10.5. The lowest BCUT2D eigenvalue weighted by atomic mass is 10.2. The summed E-state index contributed by atoms with van der Waals surface area (Å²) in [4.78, 5) is 0. The highest BCUT2D eigenvalue weighted by atomic mass is 32.2. The lowest BCUT2D eigenvalue weighted by Crippen LogP contribution is -2.26. The van der Waals surface area contributed by atoms with Crippen LogP contribution in [-0.4, -0.2) is 25.9 Å². The van der Waals surface area contributed by atoms with Gasteiger partial charge < -0.3 is 5.11 Å². The molecule has 1 rings (SSSR count). The highest BCUT2D eigenvalue weighted by Crippen LogP contribution is 2.45. The molecule has 3 N–H and O–H groups in total. The fraction of sp³-hybridized carbons (Fsp3) is 1.00. The summed E-state index contributed by atoms with van der Waals surface area (Å²) in [5, 5.41) is 13.5. The van der Waals surface area contributed by atoms with Gasteiger partial charge in [0, 0.05) is 12.0 Å². The van der Waals surface area contributed by atoms with E-state index in [2.05, 4.69) is 0 Å². The van der Waals surface area contributed by atoms with Crippen molar-refractivity contribution in [1.82, 2.24) is 0 Å². The molecule has 0 aliphatic heterocycles. The molecule has 0 aromatic rings. The molecular weight excluding hydrogens is 154 g/mol. The Morgan fingerprint density at radius 3 is 2.10 bits per heavy atom. The summed E-state index contributed by atoms with van der Waals surface area (Å²) < 4.78 is 21.0. The van der Waals surface area contributed by atoms with Crippen LogP contribution in [0.5, 0.6) is 0 Å². The summed E-state index contributed by atoms with van der Waals surface area (Å²) in [5.74, 6) is -0.0729. The first-order valence-electron chi connectivity index (χ1n) is 3.09. The first-order chi connectivity index (χ1) is 4.47. The Labute approximate surface area is 60.1 Å². The van der Waals surface area contributed by atoms with Crippen LogP contribution in [-0.2, 0) is 10.0 Å². The summed E-state index contributed by atoms with van der Waals surface area (Å²) in [5.41, 5.74) is -0.381. The van der Waals surface area contributed by atoms with Gasteiger partial charge in [0.15, 0.2) is 0 Å². The maximum Gasteiger partial charge on any atom is 0.209 e. The summed E-state index contributed by atoms with van der Waals surface area (Å²) in [6.07, 6.45) is 1.56. The first-order valence-corrected chi connectivity index (χ1v) is 4.80. The van der Waals surface area contributed by atoms with Crippen LogP contribution in [0.4, 0.5) is 0 Å². The fourth-order valence-electron chi connectivity index (χ4n) is 0.952. The second kappa shape index (κ2) is 2.18. The molecule has 0 aromatic heterocycles. The van der Waals surface area contributed by atoms with Crippen LogP contribution in [0.25, 0.3) is 0 Å². The molecule has 0 atom stereocenters. The highest BCUT2D eigenvalue weighted by Gasteiger charge is 2.44. The topological polar surface area (TPSA) is 80.4 Å². The molecule has 10 heavy (non-hydrogen) atoms. The largest absolute Gasteiger partial charge is 0.396 e. The van der Waals surface area contributed by atoms with Gasteiger partial charge in [-0.15, -0.1) is 0 Å². The van der Waals surface area contributed by atoms with E-state index < -0.39 is 10.0 Å². The van der Waals surface area contributed by atoms with Crippen LogP contribution < -0.4 is 5.14 Å². The van der Waals surface area contributed by atoms with E-state index in [1.54, 1.807) is 0 Å². The van der Waals surface area contributed by atoms with Gasteiger partial charge in [0.05, 0.1) is 5.75 Å². The lowest BCUT2D eigenvalue weighted by molar-refractivity contribution is 0.226. The van der Waals surface area contributed by atoms with Crippen molar-refractivity contribution < 1.29 is 13.5 Å². The third-order valence-corrected chi connectivity index (χ3v) is 2.81. The van der Waals surface area contributed by atoms with Gasteiger partial charge in [-0.25, -0.2) is 13.6 Å². The second-order valence-corrected chi connectivity index (χ2v) is 4.58. The molecule has 1 aliphatic rings. The van der Waals surface area contributed by atoms with Crippen molar-refractivity contribution >= 4 is 10.0 Å². The SMILES string of the molecule is NS(=O)(=O)CC1(CO)CC1. The lowest BCUT2D eigenvalue weighted by Gasteiger charge is -2.07. The van der Waals surface area contributed by atoms with E-state index in [9.17, 15) is 8.42 Å². The monoisotopic (exact) mass is 165 g/mol. The quantitative estimate of drug-likeness (QED) is 0.565. The van der Waals surface area contributed by atoms with Gasteiger partial charge in [-0.1, -0.05) is 0 Å². The van der Waals surface area contributed by atoms with E-state index in [1.165, 1.54) is 0 Å². The number of rotatable bonds is 3. The normalized spacial score (nSPS) is 22.6. The van der Waals surface area contributed by atoms with Crippen LogP contribution >= 0.6 is 0 Å². The van der Waals surface area contributed by atoms with Crippen molar-refractivity contribution in [3.63, 3.8) is 0 Å². The van der Waals surface area contributed by atoms with Crippen molar-refractivity contribution in [2.45, 2.75) is 12.8 Å². The van der Waals surface area contributed by atoms with E-state index in [-0.39, 0.29) is 17.8 Å². The van der Waals surface area contributed by atoms with E-state index in [4.69, 9.17) is 10.2 Å². The minimum Gasteiger partial charge on any atom is -0.396 e. The number of nitrogens with two attached hydrogens (primary N) is 1. The molecule has 0 bridgehead atoms. The number of aliphatic hydroxyl groups is 1. The second-order valence-electron chi connectivity index (χ2n) is 2.97. The van der Waals surface area contributed by atoms with Crippen molar-refractivity contribution in [2.75, 3.05) is 12.4 Å². The Morgan fingerprint density at radius 2 is 2.00 bits per heavy atom. The number of hydrogen-bond donors (Lipinski definition) is 2. The van der Waals surface area contributed by atoms with Crippen molar-refractivity contribution in [2.24, 2.45) is 10.6 Å². The molecule has 0 aromatic carbocycles. The van der Waals surface area contributed by atoms with E-state index in [0.29, 0.717) is 0 Å². The van der Waals surface area contributed by atoms with Gasteiger partial charge in [-0.2, -0.15) is 0 Å². The van der Waals surface area contributed by atoms with Gasteiger partial charge >= 0.3 is 0 Å². The van der Waals surface area contributed by atoms with Crippen LogP contribution in [0.3, 0.4) is 0 Å². The highest BCUT2D eigenvalue weighted by molar-refractivity contribution is 7.89. The zero-order valence-electron chi connectivity index (χ0n) is 5.58. The first kappa shape index (κ1) is 7.97. The van der Waals surface area contributed by atoms with Gasteiger partial charge in [0.25, 0.3) is 0 Å². The molecule has 4 nitrogen and oxygen atoms in total. The molecule has 1 saturated carbocycles. The third-order valence-electron chi connectivity index (χ3n) is 1.80. The molecule has 0 radical (unpaired) electrons. The minimum absolute atomic E-state index is 0.0660. The van der Waals surface area contributed by atoms with E-state index >= 15 is 0 Å². The number of hydrogen-bond acceptors (Lipinski definition) is 3. The van der Waals surface area contributed by atoms with E-state index in [1.807, 2.05) is 0 Å². The predicted octanol–water partition coefficient (Wildman–Crippen LogP) is -0.953. The van der Waals surface area contributed by atoms with Crippen molar-refractivity contribution in [1.29, 1.82) is 0 Å². The molecule has 1 aliphatic carbocycles.